The van der Waals surface area contributed by atoms with E-state index in [2.05, 4.69) is 10.6 Å². The number of rotatable bonds is 4. The Balaban J connectivity index is 2.79. The van der Waals surface area contributed by atoms with Crippen LogP contribution in [-0.2, 0) is 9.59 Å². The lowest BCUT2D eigenvalue weighted by Crippen LogP contribution is -2.11. The number of phenolic OH excluding ortho intramolecular Hbond substituents is 1. The third kappa shape index (κ3) is 3.79. The summed E-state index contributed by atoms with van der Waals surface area (Å²) < 4.78 is 0. The average Bonchev–Trinajstić information content (AvgIpc) is 2.32. The summed E-state index contributed by atoms with van der Waals surface area (Å²) in [6.45, 7) is 3.47. The molecule has 92 valence electrons. The molecule has 1 aromatic carbocycles. The number of aromatic hydroxyl groups is 1. The molecule has 0 fully saturated rings. The lowest BCUT2D eigenvalue weighted by Gasteiger charge is -2.09. The van der Waals surface area contributed by atoms with Gasteiger partial charge in [-0.15, -0.1) is 0 Å². The maximum Gasteiger partial charge on any atom is 0.224 e. The number of benzene rings is 1. The molecule has 0 aliphatic heterocycles. The van der Waals surface area contributed by atoms with Crippen LogP contribution in [0.15, 0.2) is 18.2 Å². The molecule has 0 heterocycles. The van der Waals surface area contributed by atoms with Gasteiger partial charge in [0.15, 0.2) is 0 Å². The summed E-state index contributed by atoms with van der Waals surface area (Å²) in [5.74, 6) is -0.374. The fourth-order valence-electron chi connectivity index (χ4n) is 1.20. The Labute approximate surface area is 99.8 Å². The molecule has 1 aromatic rings. The van der Waals surface area contributed by atoms with Crippen LogP contribution in [0.25, 0.3) is 0 Å². The zero-order valence-corrected chi connectivity index (χ0v) is 9.91. The van der Waals surface area contributed by atoms with Gasteiger partial charge in [0.2, 0.25) is 11.8 Å². The fourth-order valence-corrected chi connectivity index (χ4v) is 1.20. The van der Waals surface area contributed by atoms with Crippen molar-refractivity contribution >= 4 is 23.2 Å². The molecule has 0 spiro atoms. The topological polar surface area (TPSA) is 78.4 Å². The Kier molecular flexibility index (Phi) is 4.51. The third-order valence-corrected chi connectivity index (χ3v) is 2.20. The first kappa shape index (κ1) is 13.0. The standard InChI is InChI=1S/C12H16N2O3/c1-3-11(16)13-8-5-6-9(10(15)7-8)14-12(17)4-2/h5-7,15H,3-4H2,1-2H3,(H,13,16)(H,14,17). The maximum absolute atomic E-state index is 11.2. The second-order valence-electron chi connectivity index (χ2n) is 3.54. The van der Waals surface area contributed by atoms with E-state index >= 15 is 0 Å². The van der Waals surface area contributed by atoms with Crippen LogP contribution in [0.5, 0.6) is 5.75 Å². The van der Waals surface area contributed by atoms with Crippen LogP contribution in [0.1, 0.15) is 26.7 Å². The van der Waals surface area contributed by atoms with Gasteiger partial charge in [-0.1, -0.05) is 13.8 Å². The number of carbonyl (C=O) groups is 2. The van der Waals surface area contributed by atoms with Crippen LogP contribution in [0.3, 0.4) is 0 Å². The highest BCUT2D eigenvalue weighted by molar-refractivity contribution is 5.94. The van der Waals surface area contributed by atoms with E-state index in [0.717, 1.165) is 0 Å². The fraction of sp³-hybridized carbons (Fsp3) is 0.333. The predicted octanol–water partition coefficient (Wildman–Crippen LogP) is 2.09. The van der Waals surface area contributed by atoms with E-state index in [-0.39, 0.29) is 17.6 Å². The first-order chi connectivity index (χ1) is 8.06. The number of phenols is 1. The van der Waals surface area contributed by atoms with Crippen molar-refractivity contribution in [2.75, 3.05) is 10.6 Å². The number of anilines is 2. The van der Waals surface area contributed by atoms with Crippen molar-refractivity contribution in [2.24, 2.45) is 0 Å². The normalized spacial score (nSPS) is 9.76. The zero-order valence-electron chi connectivity index (χ0n) is 9.91. The molecule has 0 aliphatic carbocycles. The molecule has 0 saturated heterocycles. The minimum atomic E-state index is -0.175. The molecule has 0 saturated carbocycles. The molecule has 17 heavy (non-hydrogen) atoms. The molecule has 5 nitrogen and oxygen atoms in total. The van der Waals surface area contributed by atoms with Gasteiger partial charge in [0, 0.05) is 24.6 Å². The minimum Gasteiger partial charge on any atom is -0.506 e. The lowest BCUT2D eigenvalue weighted by atomic mass is 10.2. The van der Waals surface area contributed by atoms with Crippen molar-refractivity contribution in [3.05, 3.63) is 18.2 Å². The molecule has 5 heteroatoms. The molecule has 0 bridgehead atoms. The first-order valence-electron chi connectivity index (χ1n) is 5.49. The minimum absolute atomic E-state index is 0.0688. The summed E-state index contributed by atoms with van der Waals surface area (Å²) >= 11 is 0. The van der Waals surface area contributed by atoms with E-state index in [1.165, 1.54) is 6.07 Å². The molecule has 0 atom stereocenters. The lowest BCUT2D eigenvalue weighted by molar-refractivity contribution is -0.116. The summed E-state index contributed by atoms with van der Waals surface area (Å²) in [4.78, 5) is 22.3. The van der Waals surface area contributed by atoms with E-state index in [1.54, 1.807) is 26.0 Å². The van der Waals surface area contributed by atoms with Gasteiger partial charge in [0.1, 0.15) is 5.75 Å². The van der Waals surface area contributed by atoms with E-state index in [9.17, 15) is 14.7 Å². The van der Waals surface area contributed by atoms with E-state index in [4.69, 9.17) is 0 Å². The zero-order chi connectivity index (χ0) is 12.8. The molecule has 2 amide bonds. The van der Waals surface area contributed by atoms with Gasteiger partial charge >= 0.3 is 0 Å². The Bertz CT molecular complexity index is 430. The van der Waals surface area contributed by atoms with E-state index in [0.29, 0.717) is 24.2 Å². The summed E-state index contributed by atoms with van der Waals surface area (Å²) in [5.41, 5.74) is 0.843. The Morgan fingerprint density at radius 3 is 2.24 bits per heavy atom. The molecular weight excluding hydrogens is 220 g/mol. The molecule has 0 aliphatic rings. The summed E-state index contributed by atoms with van der Waals surface area (Å²) in [7, 11) is 0. The van der Waals surface area contributed by atoms with Crippen molar-refractivity contribution in [1.82, 2.24) is 0 Å². The maximum atomic E-state index is 11.2. The SMILES string of the molecule is CCC(=O)Nc1ccc(NC(=O)CC)c(O)c1. The summed E-state index contributed by atoms with van der Waals surface area (Å²) in [6.07, 6.45) is 0.711. The third-order valence-electron chi connectivity index (χ3n) is 2.20. The van der Waals surface area contributed by atoms with Crippen molar-refractivity contribution in [3.8, 4) is 5.75 Å². The number of carbonyl (C=O) groups excluding carboxylic acids is 2. The van der Waals surface area contributed by atoms with Crippen LogP contribution in [-0.4, -0.2) is 16.9 Å². The molecule has 1 rings (SSSR count). The van der Waals surface area contributed by atoms with Gasteiger partial charge < -0.3 is 15.7 Å². The first-order valence-corrected chi connectivity index (χ1v) is 5.49. The van der Waals surface area contributed by atoms with Crippen molar-refractivity contribution in [2.45, 2.75) is 26.7 Å². The van der Waals surface area contributed by atoms with Crippen molar-refractivity contribution in [1.29, 1.82) is 0 Å². The van der Waals surface area contributed by atoms with Gasteiger partial charge in [-0.2, -0.15) is 0 Å². The second kappa shape index (κ2) is 5.89. The number of nitrogens with one attached hydrogen (secondary N) is 2. The smallest absolute Gasteiger partial charge is 0.224 e. The monoisotopic (exact) mass is 236 g/mol. The number of amides is 2. The molecule has 0 radical (unpaired) electrons. The molecule has 0 unspecified atom stereocenters. The van der Waals surface area contributed by atoms with Gasteiger partial charge in [-0.05, 0) is 12.1 Å². The highest BCUT2D eigenvalue weighted by Crippen LogP contribution is 2.26. The highest BCUT2D eigenvalue weighted by atomic mass is 16.3. The average molecular weight is 236 g/mol. The van der Waals surface area contributed by atoms with E-state index in [1.807, 2.05) is 0 Å². The van der Waals surface area contributed by atoms with Gasteiger partial charge in [-0.3, -0.25) is 9.59 Å². The van der Waals surface area contributed by atoms with E-state index < -0.39 is 0 Å². The highest BCUT2D eigenvalue weighted by Gasteiger charge is 2.06. The van der Waals surface area contributed by atoms with Crippen LogP contribution in [0.4, 0.5) is 11.4 Å². The quantitative estimate of drug-likeness (QED) is 0.700. The number of hydrogen-bond acceptors (Lipinski definition) is 3. The van der Waals surface area contributed by atoms with Crippen molar-refractivity contribution < 1.29 is 14.7 Å². The molecule has 3 N–H and O–H groups in total. The second-order valence-corrected chi connectivity index (χ2v) is 3.54. The van der Waals surface area contributed by atoms with Crippen LogP contribution in [0, 0.1) is 0 Å². The Morgan fingerprint density at radius 1 is 1.12 bits per heavy atom. The van der Waals surface area contributed by atoms with Crippen LogP contribution >= 0.6 is 0 Å². The van der Waals surface area contributed by atoms with Gasteiger partial charge in [-0.25, -0.2) is 0 Å². The van der Waals surface area contributed by atoms with Crippen molar-refractivity contribution in [3.63, 3.8) is 0 Å². The summed E-state index contributed by atoms with van der Waals surface area (Å²) in [5, 5.41) is 14.8. The van der Waals surface area contributed by atoms with Gasteiger partial charge in [0.05, 0.1) is 5.69 Å². The predicted molar refractivity (Wildman–Crippen MR) is 65.9 cm³/mol. The van der Waals surface area contributed by atoms with Gasteiger partial charge in [0.25, 0.3) is 0 Å². The largest absolute Gasteiger partial charge is 0.506 e. The molecular formula is C12H16N2O3. The Hall–Kier alpha value is -2.04. The van der Waals surface area contributed by atoms with Crippen LogP contribution < -0.4 is 10.6 Å². The Morgan fingerprint density at radius 2 is 1.71 bits per heavy atom. The number of hydrogen-bond donors (Lipinski definition) is 3. The molecule has 0 aromatic heterocycles. The summed E-state index contributed by atoms with van der Waals surface area (Å²) in [6, 6.07) is 4.57. The van der Waals surface area contributed by atoms with Crippen LogP contribution in [0.2, 0.25) is 0 Å².